The maximum Gasteiger partial charge on any atom is 0.261 e. The number of para-hydroxylation sites is 1. The van der Waals surface area contributed by atoms with Gasteiger partial charge in [0.2, 0.25) is 5.91 Å². The summed E-state index contributed by atoms with van der Waals surface area (Å²) in [5, 5.41) is 2.60. The number of primary amides is 1. The summed E-state index contributed by atoms with van der Waals surface area (Å²) in [6.07, 6.45) is -0.728. The van der Waals surface area contributed by atoms with Crippen molar-refractivity contribution in [1.29, 1.82) is 0 Å². The van der Waals surface area contributed by atoms with Gasteiger partial charge in [0.05, 0.1) is 4.47 Å². The Bertz CT molecular complexity index is 491. The van der Waals surface area contributed by atoms with Crippen LogP contribution in [0.5, 0.6) is 5.75 Å². The molecule has 2 amide bonds. The molecule has 1 aromatic carbocycles. The number of carbonyl (C=O) groups excluding carboxylic acids is 2. The molecule has 0 aliphatic carbocycles. The summed E-state index contributed by atoms with van der Waals surface area (Å²) < 4.78 is 6.32. The van der Waals surface area contributed by atoms with Crippen molar-refractivity contribution in [2.24, 2.45) is 11.7 Å². The SMILES string of the molecule is CC(C)[C@@H](NC(=O)[C@H](C)Oc1ccccc1Br)C(N)=O. The predicted molar refractivity (Wildman–Crippen MR) is 80.2 cm³/mol. The summed E-state index contributed by atoms with van der Waals surface area (Å²) in [5.74, 6) is -0.442. The Morgan fingerprint density at radius 3 is 2.35 bits per heavy atom. The zero-order valence-corrected chi connectivity index (χ0v) is 13.3. The zero-order valence-electron chi connectivity index (χ0n) is 11.7. The van der Waals surface area contributed by atoms with Crippen LogP contribution in [0.1, 0.15) is 20.8 Å². The number of nitrogens with two attached hydrogens (primary N) is 1. The van der Waals surface area contributed by atoms with Crippen LogP contribution in [0, 0.1) is 5.92 Å². The van der Waals surface area contributed by atoms with Crippen LogP contribution in [0.4, 0.5) is 0 Å². The summed E-state index contributed by atoms with van der Waals surface area (Å²) in [6, 6.07) is 6.53. The number of halogens is 1. The van der Waals surface area contributed by atoms with Gasteiger partial charge >= 0.3 is 0 Å². The Kier molecular flexibility index (Phi) is 6.01. The standard InChI is InChI=1S/C14H19BrN2O3/c1-8(2)12(13(16)18)17-14(19)9(3)20-11-7-5-4-6-10(11)15/h4-9,12H,1-3H3,(H2,16,18)(H,17,19)/t9-,12+/m0/s1. The molecule has 110 valence electrons. The molecule has 1 aromatic rings. The van der Waals surface area contributed by atoms with Crippen LogP contribution >= 0.6 is 15.9 Å². The van der Waals surface area contributed by atoms with E-state index in [1.54, 1.807) is 13.0 Å². The van der Waals surface area contributed by atoms with Crippen molar-refractivity contribution in [2.75, 3.05) is 0 Å². The Hall–Kier alpha value is -1.56. The van der Waals surface area contributed by atoms with Gasteiger partial charge in [-0.2, -0.15) is 0 Å². The van der Waals surface area contributed by atoms with E-state index >= 15 is 0 Å². The van der Waals surface area contributed by atoms with Gasteiger partial charge in [-0.1, -0.05) is 26.0 Å². The maximum absolute atomic E-state index is 12.0. The summed E-state index contributed by atoms with van der Waals surface area (Å²) in [5.41, 5.74) is 5.26. The third-order valence-electron chi connectivity index (χ3n) is 2.78. The fourth-order valence-corrected chi connectivity index (χ4v) is 2.00. The molecule has 0 spiro atoms. The largest absolute Gasteiger partial charge is 0.480 e. The van der Waals surface area contributed by atoms with Gasteiger partial charge < -0.3 is 15.8 Å². The fourth-order valence-electron chi connectivity index (χ4n) is 1.62. The van der Waals surface area contributed by atoms with Crippen molar-refractivity contribution in [1.82, 2.24) is 5.32 Å². The molecule has 20 heavy (non-hydrogen) atoms. The third kappa shape index (κ3) is 4.52. The van der Waals surface area contributed by atoms with Crippen molar-refractivity contribution in [3.05, 3.63) is 28.7 Å². The van der Waals surface area contributed by atoms with E-state index in [1.807, 2.05) is 32.0 Å². The molecule has 0 aliphatic heterocycles. The first-order valence-electron chi connectivity index (χ1n) is 6.33. The van der Waals surface area contributed by atoms with Crippen LogP contribution in [-0.4, -0.2) is 24.0 Å². The number of amides is 2. The van der Waals surface area contributed by atoms with E-state index in [-0.39, 0.29) is 11.8 Å². The number of rotatable bonds is 6. The van der Waals surface area contributed by atoms with E-state index in [4.69, 9.17) is 10.5 Å². The van der Waals surface area contributed by atoms with E-state index < -0.39 is 18.1 Å². The molecule has 0 saturated carbocycles. The lowest BCUT2D eigenvalue weighted by Gasteiger charge is -2.22. The molecule has 0 aliphatic rings. The molecule has 6 heteroatoms. The number of hydrogen-bond acceptors (Lipinski definition) is 3. The first-order valence-corrected chi connectivity index (χ1v) is 7.13. The number of carbonyl (C=O) groups is 2. The second-order valence-electron chi connectivity index (χ2n) is 4.82. The van der Waals surface area contributed by atoms with Crippen molar-refractivity contribution in [3.63, 3.8) is 0 Å². The molecule has 0 heterocycles. The van der Waals surface area contributed by atoms with Gasteiger partial charge in [0.1, 0.15) is 11.8 Å². The maximum atomic E-state index is 12.0. The van der Waals surface area contributed by atoms with Crippen LogP contribution < -0.4 is 15.8 Å². The third-order valence-corrected chi connectivity index (χ3v) is 3.44. The topological polar surface area (TPSA) is 81.4 Å². The minimum absolute atomic E-state index is 0.0767. The Morgan fingerprint density at radius 1 is 1.25 bits per heavy atom. The summed E-state index contributed by atoms with van der Waals surface area (Å²) in [6.45, 7) is 5.25. The number of benzene rings is 1. The van der Waals surface area contributed by atoms with Crippen molar-refractivity contribution < 1.29 is 14.3 Å². The molecule has 0 radical (unpaired) electrons. The Morgan fingerprint density at radius 2 is 1.85 bits per heavy atom. The van der Waals surface area contributed by atoms with Gasteiger partial charge in [-0.05, 0) is 40.9 Å². The van der Waals surface area contributed by atoms with Crippen LogP contribution in [-0.2, 0) is 9.59 Å². The van der Waals surface area contributed by atoms with Crippen molar-refractivity contribution >= 4 is 27.7 Å². The lowest BCUT2D eigenvalue weighted by atomic mass is 10.0. The molecule has 0 aromatic heterocycles. The van der Waals surface area contributed by atoms with E-state index in [1.165, 1.54) is 0 Å². The molecule has 0 unspecified atom stereocenters. The molecule has 0 saturated heterocycles. The van der Waals surface area contributed by atoms with Crippen molar-refractivity contribution in [2.45, 2.75) is 32.9 Å². The minimum Gasteiger partial charge on any atom is -0.480 e. The number of ether oxygens (including phenoxy) is 1. The molecule has 1 rings (SSSR count). The molecule has 2 atom stereocenters. The van der Waals surface area contributed by atoms with Gasteiger partial charge in [-0.3, -0.25) is 9.59 Å². The van der Waals surface area contributed by atoms with E-state index in [9.17, 15) is 9.59 Å². The van der Waals surface area contributed by atoms with Crippen molar-refractivity contribution in [3.8, 4) is 5.75 Å². The highest BCUT2D eigenvalue weighted by Crippen LogP contribution is 2.24. The average Bonchev–Trinajstić information content (AvgIpc) is 2.37. The van der Waals surface area contributed by atoms with Crippen LogP contribution in [0.2, 0.25) is 0 Å². The van der Waals surface area contributed by atoms with Gasteiger partial charge in [0.25, 0.3) is 5.91 Å². The highest BCUT2D eigenvalue weighted by atomic mass is 79.9. The summed E-state index contributed by atoms with van der Waals surface area (Å²) in [7, 11) is 0. The highest BCUT2D eigenvalue weighted by molar-refractivity contribution is 9.10. The molecule has 3 N–H and O–H groups in total. The lowest BCUT2D eigenvalue weighted by Crippen LogP contribution is -2.51. The average molecular weight is 343 g/mol. The lowest BCUT2D eigenvalue weighted by molar-refractivity contribution is -0.132. The summed E-state index contributed by atoms with van der Waals surface area (Å²) >= 11 is 3.34. The second kappa shape index (κ2) is 7.28. The number of hydrogen-bond donors (Lipinski definition) is 2. The molecule has 0 bridgehead atoms. The smallest absolute Gasteiger partial charge is 0.261 e. The molecular formula is C14H19BrN2O3. The quantitative estimate of drug-likeness (QED) is 0.827. The molecule has 5 nitrogen and oxygen atoms in total. The fraction of sp³-hybridized carbons (Fsp3) is 0.429. The second-order valence-corrected chi connectivity index (χ2v) is 5.68. The minimum atomic E-state index is -0.728. The van der Waals surface area contributed by atoms with Crippen LogP contribution in [0.25, 0.3) is 0 Å². The van der Waals surface area contributed by atoms with Gasteiger partial charge in [0, 0.05) is 0 Å². The van der Waals surface area contributed by atoms with Crippen LogP contribution in [0.3, 0.4) is 0 Å². The van der Waals surface area contributed by atoms with Crippen LogP contribution in [0.15, 0.2) is 28.7 Å². The van der Waals surface area contributed by atoms with E-state index in [0.717, 1.165) is 4.47 Å². The normalized spacial score (nSPS) is 13.7. The first-order chi connectivity index (χ1) is 9.32. The summed E-state index contributed by atoms with van der Waals surface area (Å²) in [4.78, 5) is 23.3. The highest BCUT2D eigenvalue weighted by Gasteiger charge is 2.25. The monoisotopic (exact) mass is 342 g/mol. The molecular weight excluding hydrogens is 324 g/mol. The Labute approximate surface area is 127 Å². The van der Waals surface area contributed by atoms with Gasteiger partial charge in [0.15, 0.2) is 6.10 Å². The van der Waals surface area contributed by atoms with E-state index in [0.29, 0.717) is 5.75 Å². The zero-order chi connectivity index (χ0) is 15.3. The number of nitrogens with one attached hydrogen (secondary N) is 1. The first kappa shape index (κ1) is 16.5. The predicted octanol–water partition coefficient (Wildman–Crippen LogP) is 1.84. The molecule has 0 fully saturated rings. The van der Waals surface area contributed by atoms with E-state index in [2.05, 4.69) is 21.2 Å². The Balaban J connectivity index is 2.68. The van der Waals surface area contributed by atoms with Gasteiger partial charge in [-0.25, -0.2) is 0 Å². The van der Waals surface area contributed by atoms with Gasteiger partial charge in [-0.15, -0.1) is 0 Å².